The number of hydrogen-bond donors (Lipinski definition) is 1. The third-order valence-electron chi connectivity index (χ3n) is 8.32. The van der Waals surface area contributed by atoms with Crippen LogP contribution in [0.2, 0.25) is 0 Å². The zero-order valence-electron chi connectivity index (χ0n) is 22.7. The van der Waals surface area contributed by atoms with Gasteiger partial charge in [-0.15, -0.1) is 0 Å². The number of hydrogen-bond acceptors (Lipinski definition) is 6. The Labute approximate surface area is 211 Å². The second kappa shape index (κ2) is 12.7. The van der Waals surface area contributed by atoms with Gasteiger partial charge in [0.2, 0.25) is 5.91 Å². The summed E-state index contributed by atoms with van der Waals surface area (Å²) in [6.07, 6.45) is 7.64. The van der Waals surface area contributed by atoms with Gasteiger partial charge in [0.05, 0.1) is 24.2 Å². The highest BCUT2D eigenvalue weighted by molar-refractivity contribution is 5.79. The molecule has 202 valence electrons. The fourth-order valence-electron chi connectivity index (χ4n) is 6.43. The zero-order chi connectivity index (χ0) is 25.6. The second-order valence-corrected chi connectivity index (χ2v) is 11.7. The van der Waals surface area contributed by atoms with Crippen LogP contribution in [0.4, 0.5) is 4.79 Å². The van der Waals surface area contributed by atoms with E-state index in [1.807, 2.05) is 20.8 Å². The summed E-state index contributed by atoms with van der Waals surface area (Å²) in [6, 6.07) is 0. The van der Waals surface area contributed by atoms with Crippen LogP contribution in [-0.2, 0) is 23.7 Å². The lowest BCUT2D eigenvalue weighted by molar-refractivity contribution is -0.157. The number of alkyl carbamates (subject to hydrolysis) is 1. The van der Waals surface area contributed by atoms with Gasteiger partial charge in [0, 0.05) is 47.4 Å². The maximum absolute atomic E-state index is 13.5. The minimum Gasteiger partial charge on any atom is -0.444 e. The molecule has 0 aromatic heterocycles. The van der Waals surface area contributed by atoms with E-state index in [9.17, 15) is 9.59 Å². The molecule has 3 aliphatic rings. The van der Waals surface area contributed by atoms with Crippen LogP contribution in [0.5, 0.6) is 0 Å². The Morgan fingerprint density at radius 3 is 2.06 bits per heavy atom. The Morgan fingerprint density at radius 2 is 1.46 bits per heavy atom. The van der Waals surface area contributed by atoms with Crippen molar-refractivity contribution in [3.05, 3.63) is 0 Å². The molecule has 6 atom stereocenters. The van der Waals surface area contributed by atoms with Crippen LogP contribution in [0.1, 0.15) is 72.1 Å². The van der Waals surface area contributed by atoms with Crippen molar-refractivity contribution in [1.29, 1.82) is 0 Å². The quantitative estimate of drug-likeness (QED) is 0.573. The molecule has 3 rings (SSSR count). The lowest BCUT2D eigenvalue weighted by Gasteiger charge is -2.43. The molecule has 1 saturated heterocycles. The predicted octanol–water partition coefficient (Wildman–Crippen LogP) is 4.01. The molecule has 1 N–H and O–H groups in total. The number of rotatable bonds is 7. The van der Waals surface area contributed by atoms with Crippen LogP contribution in [0, 0.1) is 23.7 Å². The smallest absolute Gasteiger partial charge is 0.407 e. The van der Waals surface area contributed by atoms with E-state index in [1.165, 1.54) is 12.8 Å². The minimum absolute atomic E-state index is 0.0382. The molecule has 3 fully saturated rings. The summed E-state index contributed by atoms with van der Waals surface area (Å²) in [5.74, 6) is 1.86. The number of likely N-dealkylation sites (tertiary alicyclic amines) is 1. The number of carbonyl (C=O) groups excluding carboxylic acids is 2. The Morgan fingerprint density at radius 1 is 0.829 bits per heavy atom. The average molecular weight is 497 g/mol. The second-order valence-electron chi connectivity index (χ2n) is 11.7. The first-order valence-corrected chi connectivity index (χ1v) is 13.5. The van der Waals surface area contributed by atoms with Crippen LogP contribution >= 0.6 is 0 Å². The number of amides is 2. The van der Waals surface area contributed by atoms with Crippen molar-refractivity contribution in [3.8, 4) is 0 Å². The van der Waals surface area contributed by atoms with Gasteiger partial charge in [-0.25, -0.2) is 4.79 Å². The molecule has 1 heterocycles. The van der Waals surface area contributed by atoms with E-state index < -0.39 is 5.60 Å². The Hall–Kier alpha value is -1.38. The molecule has 0 spiro atoms. The van der Waals surface area contributed by atoms with E-state index in [0.29, 0.717) is 37.1 Å². The molecule has 0 aromatic carbocycles. The van der Waals surface area contributed by atoms with Crippen LogP contribution in [0.15, 0.2) is 0 Å². The molecule has 2 saturated carbocycles. The topological polar surface area (TPSA) is 86.3 Å². The monoisotopic (exact) mass is 496 g/mol. The number of piperidine rings is 1. The molecular formula is C27H48N2O6. The number of nitrogens with zero attached hydrogens (tertiary/aromatic N) is 1. The van der Waals surface area contributed by atoms with Gasteiger partial charge >= 0.3 is 6.09 Å². The molecule has 8 nitrogen and oxygen atoms in total. The van der Waals surface area contributed by atoms with Gasteiger partial charge in [-0.3, -0.25) is 4.79 Å². The summed E-state index contributed by atoms with van der Waals surface area (Å²) in [6.45, 7) is 7.98. The largest absolute Gasteiger partial charge is 0.444 e. The first-order chi connectivity index (χ1) is 16.6. The Bertz CT molecular complexity index is 688. The van der Waals surface area contributed by atoms with Gasteiger partial charge in [-0.1, -0.05) is 12.8 Å². The number of ether oxygens (including phenoxy) is 4. The van der Waals surface area contributed by atoms with Crippen molar-refractivity contribution in [2.45, 2.75) is 96.1 Å². The molecule has 6 unspecified atom stereocenters. The summed E-state index contributed by atoms with van der Waals surface area (Å²) in [7, 11) is 5.07. The summed E-state index contributed by atoms with van der Waals surface area (Å²) in [4.78, 5) is 27.6. The van der Waals surface area contributed by atoms with Gasteiger partial charge in [-0.2, -0.15) is 0 Å². The average Bonchev–Trinajstić information content (AvgIpc) is 2.85. The molecule has 0 bridgehead atoms. The third kappa shape index (κ3) is 7.80. The van der Waals surface area contributed by atoms with Crippen molar-refractivity contribution >= 4 is 12.0 Å². The molecule has 0 aromatic rings. The molecule has 2 amide bonds. The Kier molecular flexibility index (Phi) is 10.3. The fourth-order valence-corrected chi connectivity index (χ4v) is 6.43. The number of carbonyl (C=O) groups is 2. The standard InChI is InChI=1S/C27H48N2O6/c1-27(2,3)35-26(31)28-17-18-8-7-9-20(14-18)19-10-12-29(13-11-19)25(30)21-15-23(33-5)24(34-6)16-22(21)32-4/h18-24H,7-17H2,1-6H3,(H,28,31). The molecule has 0 radical (unpaired) electrons. The van der Waals surface area contributed by atoms with E-state index in [1.54, 1.807) is 21.3 Å². The van der Waals surface area contributed by atoms with Gasteiger partial charge in [0.1, 0.15) is 5.60 Å². The highest BCUT2D eigenvalue weighted by Gasteiger charge is 2.43. The third-order valence-corrected chi connectivity index (χ3v) is 8.32. The maximum Gasteiger partial charge on any atom is 0.407 e. The van der Waals surface area contributed by atoms with E-state index in [-0.39, 0.29) is 36.2 Å². The highest BCUT2D eigenvalue weighted by atomic mass is 16.6. The van der Waals surface area contributed by atoms with Crippen molar-refractivity contribution in [1.82, 2.24) is 10.2 Å². The van der Waals surface area contributed by atoms with E-state index in [4.69, 9.17) is 18.9 Å². The summed E-state index contributed by atoms with van der Waals surface area (Å²) in [5, 5.41) is 2.97. The number of nitrogens with one attached hydrogen (secondary N) is 1. The van der Waals surface area contributed by atoms with Crippen molar-refractivity contribution in [3.63, 3.8) is 0 Å². The molecular weight excluding hydrogens is 448 g/mol. The van der Waals surface area contributed by atoms with Crippen LogP contribution in [0.25, 0.3) is 0 Å². The lowest BCUT2D eigenvalue weighted by Crippen LogP contribution is -2.52. The van der Waals surface area contributed by atoms with Gasteiger partial charge in [0.15, 0.2) is 0 Å². The lowest BCUT2D eigenvalue weighted by atomic mass is 9.72. The minimum atomic E-state index is -0.471. The number of methoxy groups -OCH3 is 3. The first-order valence-electron chi connectivity index (χ1n) is 13.5. The summed E-state index contributed by atoms with van der Waals surface area (Å²) < 4.78 is 22.3. The predicted molar refractivity (Wildman–Crippen MR) is 134 cm³/mol. The Balaban J connectivity index is 1.47. The van der Waals surface area contributed by atoms with E-state index in [2.05, 4.69) is 10.2 Å². The highest BCUT2D eigenvalue weighted by Crippen LogP contribution is 2.39. The SMILES string of the molecule is COC1CC(OC)C(C(=O)N2CCC(C3CCCC(CNC(=O)OC(C)(C)C)C3)CC2)CC1OC. The normalized spacial score (nSPS) is 32.8. The molecule has 2 aliphatic carbocycles. The van der Waals surface area contributed by atoms with Crippen molar-refractivity contribution in [2.75, 3.05) is 41.0 Å². The van der Waals surface area contributed by atoms with Crippen LogP contribution < -0.4 is 5.32 Å². The fraction of sp³-hybridized carbons (Fsp3) is 0.926. The maximum atomic E-state index is 13.5. The van der Waals surface area contributed by atoms with Crippen molar-refractivity contribution in [2.24, 2.45) is 23.7 Å². The molecule has 8 heteroatoms. The van der Waals surface area contributed by atoms with Gasteiger partial charge in [-0.05, 0) is 70.6 Å². The van der Waals surface area contributed by atoms with E-state index >= 15 is 0 Å². The van der Waals surface area contributed by atoms with Crippen LogP contribution in [0.3, 0.4) is 0 Å². The molecule has 1 aliphatic heterocycles. The first kappa shape index (κ1) is 28.2. The summed E-state index contributed by atoms with van der Waals surface area (Å²) in [5.41, 5.74) is -0.471. The molecule has 35 heavy (non-hydrogen) atoms. The van der Waals surface area contributed by atoms with E-state index in [0.717, 1.165) is 38.8 Å². The van der Waals surface area contributed by atoms with Crippen molar-refractivity contribution < 1.29 is 28.5 Å². The van der Waals surface area contributed by atoms with Gasteiger partial charge in [0.25, 0.3) is 0 Å². The summed E-state index contributed by atoms with van der Waals surface area (Å²) >= 11 is 0. The zero-order valence-corrected chi connectivity index (χ0v) is 22.7. The van der Waals surface area contributed by atoms with Gasteiger partial charge < -0.3 is 29.2 Å². The van der Waals surface area contributed by atoms with Crippen LogP contribution in [-0.4, -0.2) is 81.8 Å².